The molecule has 0 heterocycles. The predicted molar refractivity (Wildman–Crippen MR) is 92.9 cm³/mol. The number of hydrogen-bond acceptors (Lipinski definition) is 2. The van der Waals surface area contributed by atoms with Crippen LogP contribution in [-0.2, 0) is 12.8 Å². The Labute approximate surface area is 135 Å². The molecule has 2 heteroatoms. The fraction of sp³-hybridized carbons (Fsp3) is 0.0952. The first-order valence-electron chi connectivity index (χ1n) is 7.66. The third-order valence-corrected chi connectivity index (χ3v) is 3.88. The highest BCUT2D eigenvalue weighted by Gasteiger charge is 2.09. The first-order chi connectivity index (χ1) is 11.2. The molecule has 0 aliphatic heterocycles. The Balaban J connectivity index is 1.95. The molecule has 0 aliphatic rings. The molecule has 3 aromatic carbocycles. The van der Waals surface area contributed by atoms with E-state index in [0.29, 0.717) is 24.0 Å². The van der Waals surface area contributed by atoms with E-state index in [4.69, 9.17) is 0 Å². The van der Waals surface area contributed by atoms with E-state index in [-0.39, 0.29) is 11.2 Å². The normalized spacial score (nSPS) is 10.4. The van der Waals surface area contributed by atoms with E-state index in [0.717, 1.165) is 11.1 Å². The molecule has 0 amide bonds. The van der Waals surface area contributed by atoms with Crippen molar-refractivity contribution in [2.75, 3.05) is 0 Å². The Bertz CT molecular complexity index is 840. The molecule has 2 nitrogen and oxygen atoms in total. The van der Waals surface area contributed by atoms with Crippen molar-refractivity contribution in [1.82, 2.24) is 0 Å². The van der Waals surface area contributed by atoms with Crippen molar-refractivity contribution in [1.29, 1.82) is 0 Å². The summed E-state index contributed by atoms with van der Waals surface area (Å²) in [6.07, 6.45) is 1.06. The van der Waals surface area contributed by atoms with Crippen LogP contribution in [0.5, 0.6) is 5.75 Å². The van der Waals surface area contributed by atoms with Gasteiger partial charge in [-0.2, -0.15) is 0 Å². The monoisotopic (exact) mass is 302 g/mol. The fourth-order valence-corrected chi connectivity index (χ4v) is 2.65. The SMILES string of the molecule is O=c1c(Cc2ccccc2)cccc(Cc2ccccc2)c1O. The summed E-state index contributed by atoms with van der Waals surface area (Å²) in [5, 5.41) is 10.4. The third kappa shape index (κ3) is 3.67. The van der Waals surface area contributed by atoms with Gasteiger partial charge in [0.25, 0.3) is 0 Å². The van der Waals surface area contributed by atoms with Gasteiger partial charge in [0, 0.05) is 24.0 Å². The van der Waals surface area contributed by atoms with Crippen LogP contribution >= 0.6 is 0 Å². The average molecular weight is 302 g/mol. The Kier molecular flexibility index (Phi) is 4.53. The lowest BCUT2D eigenvalue weighted by Crippen LogP contribution is -2.07. The summed E-state index contributed by atoms with van der Waals surface area (Å²) in [4.78, 5) is 12.5. The van der Waals surface area contributed by atoms with Gasteiger partial charge in [-0.25, -0.2) is 0 Å². The van der Waals surface area contributed by atoms with Gasteiger partial charge in [0.15, 0.2) is 5.75 Å². The van der Waals surface area contributed by atoms with Crippen LogP contribution in [0, 0.1) is 0 Å². The summed E-state index contributed by atoms with van der Waals surface area (Å²) in [6, 6.07) is 25.1. The van der Waals surface area contributed by atoms with Gasteiger partial charge in [0.05, 0.1) is 0 Å². The van der Waals surface area contributed by atoms with Crippen molar-refractivity contribution in [3.63, 3.8) is 0 Å². The largest absolute Gasteiger partial charge is 0.504 e. The smallest absolute Gasteiger partial charge is 0.223 e. The van der Waals surface area contributed by atoms with Crippen molar-refractivity contribution < 1.29 is 5.11 Å². The summed E-state index contributed by atoms with van der Waals surface area (Å²) >= 11 is 0. The second-order valence-electron chi connectivity index (χ2n) is 5.58. The van der Waals surface area contributed by atoms with Crippen molar-refractivity contribution in [2.45, 2.75) is 12.8 Å². The zero-order valence-corrected chi connectivity index (χ0v) is 12.8. The van der Waals surface area contributed by atoms with Crippen LogP contribution in [0.1, 0.15) is 22.3 Å². The van der Waals surface area contributed by atoms with Gasteiger partial charge in [-0.15, -0.1) is 0 Å². The van der Waals surface area contributed by atoms with Crippen LogP contribution < -0.4 is 5.43 Å². The van der Waals surface area contributed by atoms with Gasteiger partial charge in [-0.1, -0.05) is 78.9 Å². The molecule has 0 aliphatic carbocycles. The lowest BCUT2D eigenvalue weighted by Gasteiger charge is -2.02. The minimum atomic E-state index is -0.287. The summed E-state index contributed by atoms with van der Waals surface area (Å²) in [6.45, 7) is 0. The zero-order valence-electron chi connectivity index (χ0n) is 12.8. The standard InChI is InChI=1S/C21H18O2/c22-20-18(14-16-8-3-1-4-9-16)12-7-13-19(21(20)23)15-17-10-5-2-6-11-17/h1-13H,14-15H2,(H,22,23). The molecule has 1 N–H and O–H groups in total. The Morgan fingerprint density at radius 2 is 1.09 bits per heavy atom. The molecule has 0 atom stereocenters. The van der Waals surface area contributed by atoms with E-state index in [1.54, 1.807) is 6.07 Å². The third-order valence-electron chi connectivity index (χ3n) is 3.88. The van der Waals surface area contributed by atoms with Crippen molar-refractivity contribution in [3.8, 4) is 5.75 Å². The Hall–Kier alpha value is -2.87. The maximum absolute atomic E-state index is 12.5. The summed E-state index contributed by atoms with van der Waals surface area (Å²) in [7, 11) is 0. The fourth-order valence-electron chi connectivity index (χ4n) is 2.65. The van der Waals surface area contributed by atoms with Gasteiger partial charge < -0.3 is 5.11 Å². The van der Waals surface area contributed by atoms with Gasteiger partial charge in [0.2, 0.25) is 5.43 Å². The maximum atomic E-state index is 12.5. The first kappa shape index (κ1) is 15.0. The molecule has 0 aromatic heterocycles. The number of aromatic hydroxyl groups is 1. The molecule has 0 spiro atoms. The molecule has 0 bridgehead atoms. The highest BCUT2D eigenvalue weighted by atomic mass is 16.3. The van der Waals surface area contributed by atoms with Crippen LogP contribution in [0.25, 0.3) is 0 Å². The lowest BCUT2D eigenvalue weighted by molar-refractivity contribution is 0.464. The van der Waals surface area contributed by atoms with Gasteiger partial charge >= 0.3 is 0 Å². The van der Waals surface area contributed by atoms with E-state index in [1.165, 1.54) is 0 Å². The van der Waals surface area contributed by atoms with Crippen LogP contribution in [0.4, 0.5) is 0 Å². The van der Waals surface area contributed by atoms with Crippen molar-refractivity contribution >= 4 is 0 Å². The number of benzene rings is 2. The topological polar surface area (TPSA) is 37.3 Å². The van der Waals surface area contributed by atoms with E-state index < -0.39 is 0 Å². The molecule has 0 saturated heterocycles. The van der Waals surface area contributed by atoms with Crippen LogP contribution in [0.2, 0.25) is 0 Å². The minimum absolute atomic E-state index is 0.148. The number of rotatable bonds is 4. The molecular formula is C21H18O2. The van der Waals surface area contributed by atoms with Crippen molar-refractivity contribution in [3.05, 3.63) is 111 Å². The molecule has 0 unspecified atom stereocenters. The molecule has 114 valence electrons. The summed E-state index contributed by atoms with van der Waals surface area (Å²) in [5.41, 5.74) is 3.09. The average Bonchev–Trinajstić information content (AvgIpc) is 2.71. The Morgan fingerprint density at radius 1 is 0.609 bits per heavy atom. The molecular weight excluding hydrogens is 284 g/mol. The van der Waals surface area contributed by atoms with Crippen LogP contribution in [0.3, 0.4) is 0 Å². The molecule has 23 heavy (non-hydrogen) atoms. The Morgan fingerprint density at radius 3 is 1.65 bits per heavy atom. The molecule has 0 fully saturated rings. The lowest BCUT2D eigenvalue weighted by atomic mass is 10.0. The molecule has 3 rings (SSSR count). The number of hydrogen-bond donors (Lipinski definition) is 1. The van der Waals surface area contributed by atoms with E-state index >= 15 is 0 Å². The van der Waals surface area contributed by atoms with Crippen LogP contribution in [-0.4, -0.2) is 5.11 Å². The molecule has 0 radical (unpaired) electrons. The van der Waals surface area contributed by atoms with Gasteiger partial charge in [-0.3, -0.25) is 4.79 Å². The highest BCUT2D eigenvalue weighted by Crippen LogP contribution is 2.17. The predicted octanol–water partition coefficient (Wildman–Crippen LogP) is 3.93. The van der Waals surface area contributed by atoms with Crippen LogP contribution in [0.15, 0.2) is 83.7 Å². The van der Waals surface area contributed by atoms with Gasteiger partial charge in [0.1, 0.15) is 0 Å². The minimum Gasteiger partial charge on any atom is -0.504 e. The molecule has 0 saturated carbocycles. The highest BCUT2D eigenvalue weighted by molar-refractivity contribution is 5.39. The van der Waals surface area contributed by atoms with E-state index in [1.807, 2.05) is 72.8 Å². The van der Waals surface area contributed by atoms with Crippen molar-refractivity contribution in [2.24, 2.45) is 0 Å². The summed E-state index contributed by atoms with van der Waals surface area (Å²) in [5.74, 6) is -0.148. The maximum Gasteiger partial charge on any atom is 0.223 e. The van der Waals surface area contributed by atoms with E-state index in [2.05, 4.69) is 0 Å². The summed E-state index contributed by atoms with van der Waals surface area (Å²) < 4.78 is 0. The second kappa shape index (κ2) is 6.93. The zero-order chi connectivity index (χ0) is 16.1. The quantitative estimate of drug-likeness (QED) is 0.792. The molecule has 3 aromatic rings. The van der Waals surface area contributed by atoms with Gasteiger partial charge in [-0.05, 0) is 11.1 Å². The first-order valence-corrected chi connectivity index (χ1v) is 7.66. The van der Waals surface area contributed by atoms with E-state index in [9.17, 15) is 9.90 Å². The second-order valence-corrected chi connectivity index (χ2v) is 5.58.